The summed E-state index contributed by atoms with van der Waals surface area (Å²) >= 11 is 0. The summed E-state index contributed by atoms with van der Waals surface area (Å²) in [6, 6.07) is 1.73. The van der Waals surface area contributed by atoms with Crippen LogP contribution in [0, 0.1) is 0 Å². The van der Waals surface area contributed by atoms with Crippen molar-refractivity contribution in [3.05, 3.63) is 24.0 Å². The van der Waals surface area contributed by atoms with Crippen molar-refractivity contribution < 1.29 is 14.9 Å². The van der Waals surface area contributed by atoms with Crippen LogP contribution < -0.4 is 4.74 Å². The van der Waals surface area contributed by atoms with Crippen LogP contribution in [0.5, 0.6) is 5.75 Å². The van der Waals surface area contributed by atoms with E-state index >= 15 is 0 Å². The highest BCUT2D eigenvalue weighted by atomic mass is 16.5. The molecule has 4 nitrogen and oxygen atoms in total. The fourth-order valence-electron chi connectivity index (χ4n) is 1.87. The van der Waals surface area contributed by atoms with Crippen molar-refractivity contribution in [1.29, 1.82) is 0 Å². The number of pyridine rings is 1. The van der Waals surface area contributed by atoms with E-state index in [2.05, 4.69) is 4.98 Å². The lowest BCUT2D eigenvalue weighted by atomic mass is 9.87. The summed E-state index contributed by atoms with van der Waals surface area (Å²) in [6.45, 7) is 7.57. The van der Waals surface area contributed by atoms with E-state index in [0.29, 0.717) is 24.2 Å². The third kappa shape index (κ3) is 3.43. The van der Waals surface area contributed by atoms with Gasteiger partial charge in [0.05, 0.1) is 17.9 Å². The molecule has 0 saturated heterocycles. The third-order valence-corrected chi connectivity index (χ3v) is 3.16. The standard InChI is InChI=1S/C14H23NO3/c1-5-14(17,6-2)13(16)11-7-12(9-15-8-11)18-10(3)4/h7-10,13,16-17H,5-6H2,1-4H3. The second kappa shape index (κ2) is 6.16. The second-order valence-electron chi connectivity index (χ2n) is 4.83. The smallest absolute Gasteiger partial charge is 0.138 e. The van der Waals surface area contributed by atoms with Crippen LogP contribution in [0.1, 0.15) is 52.2 Å². The van der Waals surface area contributed by atoms with Crippen LogP contribution in [-0.2, 0) is 0 Å². The largest absolute Gasteiger partial charge is 0.489 e. The Labute approximate surface area is 109 Å². The van der Waals surface area contributed by atoms with Gasteiger partial charge in [-0.3, -0.25) is 4.98 Å². The fraction of sp³-hybridized carbons (Fsp3) is 0.643. The summed E-state index contributed by atoms with van der Waals surface area (Å²) in [5, 5.41) is 20.6. The predicted molar refractivity (Wildman–Crippen MR) is 70.5 cm³/mol. The van der Waals surface area contributed by atoms with Gasteiger partial charge < -0.3 is 14.9 Å². The van der Waals surface area contributed by atoms with Crippen molar-refractivity contribution in [2.75, 3.05) is 0 Å². The van der Waals surface area contributed by atoms with Crippen LogP contribution in [0.15, 0.2) is 18.5 Å². The monoisotopic (exact) mass is 253 g/mol. The molecule has 0 aliphatic rings. The molecule has 0 saturated carbocycles. The Morgan fingerprint density at radius 3 is 2.39 bits per heavy atom. The maximum absolute atomic E-state index is 10.3. The zero-order chi connectivity index (χ0) is 13.8. The molecule has 0 spiro atoms. The van der Waals surface area contributed by atoms with E-state index in [1.54, 1.807) is 18.5 Å². The van der Waals surface area contributed by atoms with Crippen LogP contribution in [0.25, 0.3) is 0 Å². The molecule has 1 rings (SSSR count). The summed E-state index contributed by atoms with van der Waals surface area (Å²) in [4.78, 5) is 4.04. The van der Waals surface area contributed by atoms with Crippen LogP contribution >= 0.6 is 0 Å². The molecule has 18 heavy (non-hydrogen) atoms. The predicted octanol–water partition coefficient (Wildman–Crippen LogP) is 2.45. The van der Waals surface area contributed by atoms with Crippen molar-refractivity contribution in [1.82, 2.24) is 4.98 Å². The van der Waals surface area contributed by atoms with E-state index in [-0.39, 0.29) is 6.10 Å². The van der Waals surface area contributed by atoms with Gasteiger partial charge in [-0.05, 0) is 32.8 Å². The maximum Gasteiger partial charge on any atom is 0.138 e. The first kappa shape index (κ1) is 14.9. The molecular weight excluding hydrogens is 230 g/mol. The van der Waals surface area contributed by atoms with Crippen molar-refractivity contribution in [2.45, 2.75) is 58.3 Å². The normalized spacial score (nSPS) is 13.7. The van der Waals surface area contributed by atoms with Crippen molar-refractivity contribution in [3.8, 4) is 5.75 Å². The van der Waals surface area contributed by atoms with Crippen molar-refractivity contribution in [3.63, 3.8) is 0 Å². The number of nitrogens with zero attached hydrogens (tertiary/aromatic N) is 1. The fourth-order valence-corrected chi connectivity index (χ4v) is 1.87. The van der Waals surface area contributed by atoms with E-state index in [0.717, 1.165) is 0 Å². The minimum Gasteiger partial charge on any atom is -0.489 e. The lowest BCUT2D eigenvalue weighted by molar-refractivity contribution is -0.0822. The van der Waals surface area contributed by atoms with Gasteiger partial charge in [0.25, 0.3) is 0 Å². The second-order valence-corrected chi connectivity index (χ2v) is 4.83. The van der Waals surface area contributed by atoms with E-state index in [1.807, 2.05) is 27.7 Å². The quantitative estimate of drug-likeness (QED) is 0.817. The van der Waals surface area contributed by atoms with E-state index in [9.17, 15) is 10.2 Å². The summed E-state index contributed by atoms with van der Waals surface area (Å²) in [5.41, 5.74) is -0.530. The van der Waals surface area contributed by atoms with Gasteiger partial charge in [-0.15, -0.1) is 0 Å². The number of aliphatic hydroxyl groups excluding tert-OH is 1. The van der Waals surface area contributed by atoms with Gasteiger partial charge in [-0.2, -0.15) is 0 Å². The average molecular weight is 253 g/mol. The Morgan fingerprint density at radius 1 is 1.28 bits per heavy atom. The highest BCUT2D eigenvalue weighted by Crippen LogP contribution is 2.32. The SMILES string of the molecule is CCC(O)(CC)C(O)c1cncc(OC(C)C)c1. The number of aliphatic hydroxyl groups is 2. The highest BCUT2D eigenvalue weighted by Gasteiger charge is 2.33. The maximum atomic E-state index is 10.3. The summed E-state index contributed by atoms with van der Waals surface area (Å²) in [5.74, 6) is 0.608. The van der Waals surface area contributed by atoms with Gasteiger partial charge in [0.15, 0.2) is 0 Å². The Hall–Kier alpha value is -1.13. The molecule has 1 unspecified atom stereocenters. The number of aromatic nitrogens is 1. The lowest BCUT2D eigenvalue weighted by Crippen LogP contribution is -2.34. The molecule has 0 aromatic carbocycles. The van der Waals surface area contributed by atoms with Gasteiger partial charge >= 0.3 is 0 Å². The summed E-state index contributed by atoms with van der Waals surface area (Å²) < 4.78 is 5.53. The zero-order valence-electron chi connectivity index (χ0n) is 11.6. The minimum absolute atomic E-state index is 0.0513. The number of rotatable bonds is 6. The minimum atomic E-state index is -1.11. The topological polar surface area (TPSA) is 62.6 Å². The molecule has 0 aliphatic carbocycles. The molecule has 102 valence electrons. The molecule has 1 atom stereocenters. The summed E-state index contributed by atoms with van der Waals surface area (Å²) in [7, 11) is 0. The van der Waals surface area contributed by atoms with Crippen molar-refractivity contribution >= 4 is 0 Å². The molecule has 0 aliphatic heterocycles. The average Bonchev–Trinajstić information content (AvgIpc) is 2.36. The van der Waals surface area contributed by atoms with Crippen LogP contribution in [0.3, 0.4) is 0 Å². The van der Waals surface area contributed by atoms with E-state index in [4.69, 9.17) is 4.74 Å². The molecule has 0 amide bonds. The first-order valence-electron chi connectivity index (χ1n) is 6.45. The molecule has 1 aromatic rings. The molecule has 4 heteroatoms. The third-order valence-electron chi connectivity index (χ3n) is 3.16. The number of ether oxygens (including phenoxy) is 1. The molecule has 2 N–H and O–H groups in total. The summed E-state index contributed by atoms with van der Waals surface area (Å²) in [6.07, 6.45) is 3.24. The van der Waals surface area contributed by atoms with Gasteiger partial charge in [-0.1, -0.05) is 13.8 Å². The number of hydrogen-bond donors (Lipinski definition) is 2. The molecule has 0 fully saturated rings. The van der Waals surface area contributed by atoms with Crippen molar-refractivity contribution in [2.24, 2.45) is 0 Å². The van der Waals surface area contributed by atoms with Crippen LogP contribution in [0.2, 0.25) is 0 Å². The van der Waals surface area contributed by atoms with Gasteiger partial charge in [-0.25, -0.2) is 0 Å². The Kier molecular flexibility index (Phi) is 5.11. The number of hydrogen-bond acceptors (Lipinski definition) is 4. The van der Waals surface area contributed by atoms with E-state index < -0.39 is 11.7 Å². The lowest BCUT2D eigenvalue weighted by Gasteiger charge is -2.31. The first-order valence-corrected chi connectivity index (χ1v) is 6.45. The molecule has 0 radical (unpaired) electrons. The Bertz CT molecular complexity index is 375. The Balaban J connectivity index is 2.95. The van der Waals surface area contributed by atoms with E-state index in [1.165, 1.54) is 0 Å². The Morgan fingerprint density at radius 2 is 1.89 bits per heavy atom. The van der Waals surface area contributed by atoms with Crippen LogP contribution in [0.4, 0.5) is 0 Å². The van der Waals surface area contributed by atoms with Crippen LogP contribution in [-0.4, -0.2) is 26.9 Å². The molecule has 1 heterocycles. The zero-order valence-corrected chi connectivity index (χ0v) is 11.6. The van der Waals surface area contributed by atoms with Gasteiger partial charge in [0.1, 0.15) is 11.9 Å². The molecular formula is C14H23NO3. The molecule has 1 aromatic heterocycles. The first-order chi connectivity index (χ1) is 8.42. The van der Waals surface area contributed by atoms with Gasteiger partial charge in [0, 0.05) is 11.8 Å². The van der Waals surface area contributed by atoms with Gasteiger partial charge in [0.2, 0.25) is 0 Å². The highest BCUT2D eigenvalue weighted by molar-refractivity contribution is 5.27. The molecule has 0 bridgehead atoms.